The van der Waals surface area contributed by atoms with E-state index < -0.39 is 0 Å². The number of hydrogen-bond acceptors (Lipinski definition) is 6. The van der Waals surface area contributed by atoms with Crippen molar-refractivity contribution < 1.29 is 9.84 Å². The number of benzene rings is 1. The van der Waals surface area contributed by atoms with Crippen LogP contribution in [0.1, 0.15) is 17.3 Å². The molecule has 2 aromatic heterocycles. The van der Waals surface area contributed by atoms with Gasteiger partial charge in [0, 0.05) is 31.5 Å². The van der Waals surface area contributed by atoms with Crippen LogP contribution in [-0.4, -0.2) is 56.1 Å². The second-order valence-electron chi connectivity index (χ2n) is 7.59. The molecule has 1 fully saturated rings. The first-order valence-corrected chi connectivity index (χ1v) is 9.05. The van der Waals surface area contributed by atoms with E-state index in [1.807, 2.05) is 18.2 Å². The molecule has 2 aliphatic heterocycles. The van der Waals surface area contributed by atoms with Crippen LogP contribution in [0.5, 0.6) is 5.75 Å². The Morgan fingerprint density at radius 3 is 3.11 bits per heavy atom. The lowest BCUT2D eigenvalue weighted by atomic mass is 9.74. The Kier molecular flexibility index (Phi) is 3.60. The zero-order valence-corrected chi connectivity index (χ0v) is 15.1. The van der Waals surface area contributed by atoms with Crippen molar-refractivity contribution in [3.05, 3.63) is 52.2 Å². The van der Waals surface area contributed by atoms with Crippen LogP contribution < -0.4 is 10.3 Å². The largest absolute Gasteiger partial charge is 0.493 e. The van der Waals surface area contributed by atoms with Crippen molar-refractivity contribution in [1.82, 2.24) is 24.6 Å². The lowest BCUT2D eigenvalue weighted by molar-refractivity contribution is 0.0456. The molecule has 0 spiro atoms. The van der Waals surface area contributed by atoms with Gasteiger partial charge in [-0.05, 0) is 11.6 Å². The van der Waals surface area contributed by atoms with E-state index in [-0.39, 0.29) is 23.5 Å². The van der Waals surface area contributed by atoms with Crippen molar-refractivity contribution in [1.29, 1.82) is 0 Å². The number of aryl methyl sites for hydroxylation is 1. The number of aliphatic hydroxyl groups is 1. The molecule has 2 N–H and O–H groups in total. The monoisotopic (exact) mass is 367 g/mol. The lowest BCUT2D eigenvalue weighted by Crippen LogP contribution is -2.42. The fourth-order valence-corrected chi connectivity index (χ4v) is 4.46. The molecule has 0 radical (unpaired) electrons. The van der Waals surface area contributed by atoms with Crippen LogP contribution in [0.2, 0.25) is 0 Å². The number of rotatable bonds is 3. The molecule has 27 heavy (non-hydrogen) atoms. The SMILES string of the molecule is Cn1ncc2c(=O)[nH]c(CN3CC4c5ccccc5OCC4(CO)C3)nc21. The quantitative estimate of drug-likeness (QED) is 0.705. The number of aromatic nitrogens is 4. The van der Waals surface area contributed by atoms with Crippen molar-refractivity contribution >= 4 is 11.0 Å². The van der Waals surface area contributed by atoms with Gasteiger partial charge in [0.25, 0.3) is 5.56 Å². The summed E-state index contributed by atoms with van der Waals surface area (Å²) in [5, 5.41) is 14.8. The van der Waals surface area contributed by atoms with Crippen LogP contribution in [0.25, 0.3) is 11.0 Å². The van der Waals surface area contributed by atoms with Crippen molar-refractivity contribution in [3.63, 3.8) is 0 Å². The molecule has 2 aliphatic rings. The van der Waals surface area contributed by atoms with Crippen molar-refractivity contribution in [2.75, 3.05) is 26.3 Å². The van der Waals surface area contributed by atoms with Gasteiger partial charge in [0.1, 0.15) is 17.0 Å². The highest BCUT2D eigenvalue weighted by Crippen LogP contribution is 2.49. The van der Waals surface area contributed by atoms with E-state index in [0.717, 1.165) is 17.9 Å². The number of likely N-dealkylation sites (tertiary alicyclic amines) is 1. The summed E-state index contributed by atoms with van der Waals surface area (Å²) >= 11 is 0. The third kappa shape index (κ3) is 2.48. The fourth-order valence-electron chi connectivity index (χ4n) is 4.46. The average Bonchev–Trinajstić information content (AvgIpc) is 3.23. The summed E-state index contributed by atoms with van der Waals surface area (Å²) in [4.78, 5) is 22.0. The summed E-state index contributed by atoms with van der Waals surface area (Å²) in [6.45, 7) is 2.54. The predicted molar refractivity (Wildman–Crippen MR) is 98.6 cm³/mol. The van der Waals surface area contributed by atoms with Gasteiger partial charge < -0.3 is 14.8 Å². The minimum Gasteiger partial charge on any atom is -0.493 e. The molecule has 0 saturated carbocycles. The Balaban J connectivity index is 1.47. The highest BCUT2D eigenvalue weighted by atomic mass is 16.5. The molecule has 3 aromatic rings. The highest BCUT2D eigenvalue weighted by Gasteiger charge is 2.50. The van der Waals surface area contributed by atoms with Gasteiger partial charge >= 0.3 is 0 Å². The minimum absolute atomic E-state index is 0.0627. The van der Waals surface area contributed by atoms with Gasteiger partial charge in [0.2, 0.25) is 0 Å². The molecule has 0 aliphatic carbocycles. The maximum absolute atomic E-state index is 12.3. The first-order valence-electron chi connectivity index (χ1n) is 9.05. The molecule has 4 heterocycles. The molecule has 2 unspecified atom stereocenters. The van der Waals surface area contributed by atoms with Gasteiger partial charge in [-0.2, -0.15) is 5.10 Å². The Labute approximate surface area is 155 Å². The summed E-state index contributed by atoms with van der Waals surface area (Å²) in [6, 6.07) is 8.03. The number of hydrogen-bond donors (Lipinski definition) is 2. The maximum Gasteiger partial charge on any atom is 0.262 e. The van der Waals surface area contributed by atoms with Gasteiger partial charge in [0.15, 0.2) is 5.65 Å². The number of nitrogens with one attached hydrogen (secondary N) is 1. The molecule has 0 bridgehead atoms. The van der Waals surface area contributed by atoms with Crippen LogP contribution in [-0.2, 0) is 13.6 Å². The Bertz CT molecular complexity index is 1070. The molecule has 5 rings (SSSR count). The normalized spacial score (nSPS) is 24.6. The number of nitrogens with zero attached hydrogens (tertiary/aromatic N) is 4. The van der Waals surface area contributed by atoms with E-state index in [1.165, 1.54) is 6.20 Å². The maximum atomic E-state index is 12.3. The summed E-state index contributed by atoms with van der Waals surface area (Å²) in [6.07, 6.45) is 1.53. The van der Waals surface area contributed by atoms with E-state index >= 15 is 0 Å². The zero-order valence-electron chi connectivity index (χ0n) is 15.1. The standard InChI is InChI=1S/C19H21N5O3/c1-23-17-13(6-20-23)18(26)22-16(21-17)8-24-7-14-12-4-2-3-5-15(12)27-11-19(14,9-24)10-25/h2-6,14,25H,7-11H2,1H3,(H,21,22,26). The third-order valence-corrected chi connectivity index (χ3v) is 5.87. The van der Waals surface area contributed by atoms with E-state index in [9.17, 15) is 9.90 Å². The Morgan fingerprint density at radius 2 is 2.26 bits per heavy atom. The average molecular weight is 367 g/mol. The number of para-hydroxylation sites is 1. The highest BCUT2D eigenvalue weighted by molar-refractivity contribution is 5.72. The van der Waals surface area contributed by atoms with Crippen LogP contribution in [0.15, 0.2) is 35.3 Å². The molecule has 0 amide bonds. The molecule has 2 atom stereocenters. The van der Waals surface area contributed by atoms with Crippen LogP contribution in [0, 0.1) is 5.41 Å². The van der Waals surface area contributed by atoms with Gasteiger partial charge in [-0.1, -0.05) is 18.2 Å². The van der Waals surface area contributed by atoms with Crippen LogP contribution in [0.4, 0.5) is 0 Å². The first-order chi connectivity index (χ1) is 13.1. The van der Waals surface area contributed by atoms with Crippen molar-refractivity contribution in [3.8, 4) is 5.75 Å². The summed E-state index contributed by atoms with van der Waals surface area (Å²) < 4.78 is 7.55. The van der Waals surface area contributed by atoms with E-state index in [1.54, 1.807) is 11.7 Å². The first kappa shape index (κ1) is 16.5. The zero-order chi connectivity index (χ0) is 18.6. The molecule has 1 aromatic carbocycles. The summed E-state index contributed by atoms with van der Waals surface area (Å²) in [5.74, 6) is 1.70. The minimum atomic E-state index is -0.328. The number of H-pyrrole nitrogens is 1. The van der Waals surface area contributed by atoms with Crippen LogP contribution >= 0.6 is 0 Å². The second kappa shape index (κ2) is 5.90. The number of ether oxygens (including phenoxy) is 1. The van der Waals surface area contributed by atoms with Crippen LogP contribution in [0.3, 0.4) is 0 Å². The number of aliphatic hydroxyl groups excluding tert-OH is 1. The Hall–Kier alpha value is -2.71. The van der Waals surface area contributed by atoms with Gasteiger partial charge in [0.05, 0.1) is 26.0 Å². The van der Waals surface area contributed by atoms with Gasteiger partial charge in [-0.25, -0.2) is 4.98 Å². The van der Waals surface area contributed by atoms with Gasteiger partial charge in [-0.3, -0.25) is 14.4 Å². The fraction of sp³-hybridized carbons (Fsp3) is 0.421. The molecule has 8 heteroatoms. The van der Waals surface area contributed by atoms with Crippen molar-refractivity contribution in [2.45, 2.75) is 12.5 Å². The second-order valence-corrected chi connectivity index (χ2v) is 7.59. The third-order valence-electron chi connectivity index (χ3n) is 5.87. The van der Waals surface area contributed by atoms with Gasteiger partial charge in [-0.15, -0.1) is 0 Å². The smallest absolute Gasteiger partial charge is 0.262 e. The molecular weight excluding hydrogens is 346 g/mol. The molecule has 140 valence electrons. The Morgan fingerprint density at radius 1 is 1.41 bits per heavy atom. The topological polar surface area (TPSA) is 96.3 Å². The number of aromatic amines is 1. The van der Waals surface area contributed by atoms with Crippen molar-refractivity contribution in [2.24, 2.45) is 12.5 Å². The molecule has 8 nitrogen and oxygen atoms in total. The molecule has 1 saturated heterocycles. The summed E-state index contributed by atoms with van der Waals surface area (Å²) in [7, 11) is 1.78. The van der Waals surface area contributed by atoms with E-state index in [2.05, 4.69) is 26.0 Å². The van der Waals surface area contributed by atoms with E-state index in [4.69, 9.17) is 4.74 Å². The predicted octanol–water partition coefficient (Wildman–Crippen LogP) is 0.627. The molecular formula is C19H21N5O3. The van der Waals surface area contributed by atoms with E-state index in [0.29, 0.717) is 36.6 Å². The lowest BCUT2D eigenvalue weighted by Gasteiger charge is -2.38. The summed E-state index contributed by atoms with van der Waals surface area (Å²) in [5.41, 5.74) is 1.22. The number of fused-ring (bicyclic) bond motifs is 4.